The van der Waals surface area contributed by atoms with Crippen molar-refractivity contribution in [2.75, 3.05) is 6.54 Å². The molecule has 2 N–H and O–H groups in total. The number of carbonyl (C=O) groups excluding carboxylic acids is 1. The van der Waals surface area contributed by atoms with E-state index in [0.29, 0.717) is 19.5 Å². The molecule has 3 nitrogen and oxygen atoms in total. The molecule has 0 spiro atoms. The fraction of sp³-hybridized carbons (Fsp3) is 0.400. The average Bonchev–Trinajstić information content (AvgIpc) is 2.37. The van der Waals surface area contributed by atoms with E-state index < -0.39 is 6.04 Å². The van der Waals surface area contributed by atoms with Crippen molar-refractivity contribution in [2.24, 2.45) is 5.73 Å². The van der Waals surface area contributed by atoms with Gasteiger partial charge in [0.05, 0.1) is 6.04 Å². The largest absolute Gasteiger partial charge is 0.337 e. The zero-order valence-electron chi connectivity index (χ0n) is 11.2. The molecule has 0 aliphatic heterocycles. The van der Waals surface area contributed by atoms with E-state index in [9.17, 15) is 4.79 Å². The van der Waals surface area contributed by atoms with Crippen molar-refractivity contribution < 1.29 is 4.79 Å². The Morgan fingerprint density at radius 3 is 2.72 bits per heavy atom. The van der Waals surface area contributed by atoms with Crippen molar-refractivity contribution in [3.63, 3.8) is 0 Å². The predicted molar refractivity (Wildman–Crippen MR) is 75.1 cm³/mol. The van der Waals surface area contributed by atoms with Crippen LogP contribution in [0.2, 0.25) is 0 Å². The lowest BCUT2D eigenvalue weighted by atomic mass is 10.1. The standard InChI is InChI=1S/C15H22N2O/c1-4-8-14(16)15(18)17(5-2)11-13-10-7-6-9-12(13)3/h4,6-7,9-10,14H,1,5,8,11,16H2,2-3H3. The van der Waals surface area contributed by atoms with Gasteiger partial charge in [-0.3, -0.25) is 4.79 Å². The maximum absolute atomic E-state index is 12.1. The molecule has 1 aromatic carbocycles. The van der Waals surface area contributed by atoms with Crippen LogP contribution in [-0.2, 0) is 11.3 Å². The SMILES string of the molecule is C=CCC(N)C(=O)N(CC)Cc1ccccc1C. The fourth-order valence-electron chi connectivity index (χ4n) is 1.85. The van der Waals surface area contributed by atoms with Crippen LogP contribution in [0, 0.1) is 6.92 Å². The molecule has 0 radical (unpaired) electrons. The van der Waals surface area contributed by atoms with Crippen LogP contribution in [0.4, 0.5) is 0 Å². The first-order chi connectivity index (χ1) is 8.60. The van der Waals surface area contributed by atoms with E-state index in [4.69, 9.17) is 5.73 Å². The second-order valence-electron chi connectivity index (χ2n) is 4.41. The Hall–Kier alpha value is -1.61. The second kappa shape index (κ2) is 6.97. The molecule has 0 aliphatic carbocycles. The molecule has 0 bridgehead atoms. The summed E-state index contributed by atoms with van der Waals surface area (Å²) in [6.07, 6.45) is 2.20. The highest BCUT2D eigenvalue weighted by Crippen LogP contribution is 2.11. The third kappa shape index (κ3) is 3.70. The van der Waals surface area contributed by atoms with Gasteiger partial charge in [0.1, 0.15) is 0 Å². The topological polar surface area (TPSA) is 46.3 Å². The van der Waals surface area contributed by atoms with Gasteiger partial charge in [-0.15, -0.1) is 6.58 Å². The molecule has 1 amide bonds. The van der Waals surface area contributed by atoms with E-state index >= 15 is 0 Å². The van der Waals surface area contributed by atoms with Gasteiger partial charge < -0.3 is 10.6 Å². The number of hydrogen-bond acceptors (Lipinski definition) is 2. The van der Waals surface area contributed by atoms with Gasteiger partial charge in [0, 0.05) is 13.1 Å². The molecule has 3 heteroatoms. The molecule has 0 saturated carbocycles. The summed E-state index contributed by atoms with van der Waals surface area (Å²) in [6, 6.07) is 7.61. The summed E-state index contributed by atoms with van der Waals surface area (Å²) in [6.45, 7) is 8.92. The lowest BCUT2D eigenvalue weighted by molar-refractivity contribution is -0.132. The Kier molecular flexibility index (Phi) is 5.59. The number of carbonyl (C=O) groups is 1. The number of amides is 1. The smallest absolute Gasteiger partial charge is 0.240 e. The third-order valence-corrected chi connectivity index (χ3v) is 3.05. The van der Waals surface area contributed by atoms with E-state index in [1.54, 1.807) is 11.0 Å². The first-order valence-corrected chi connectivity index (χ1v) is 6.29. The summed E-state index contributed by atoms with van der Waals surface area (Å²) in [4.78, 5) is 13.9. The van der Waals surface area contributed by atoms with Gasteiger partial charge in [0.15, 0.2) is 0 Å². The highest BCUT2D eigenvalue weighted by molar-refractivity contribution is 5.81. The molecule has 0 aromatic heterocycles. The minimum Gasteiger partial charge on any atom is -0.337 e. The Morgan fingerprint density at radius 1 is 1.50 bits per heavy atom. The van der Waals surface area contributed by atoms with Gasteiger partial charge in [-0.05, 0) is 31.4 Å². The van der Waals surface area contributed by atoms with Crippen molar-refractivity contribution in [2.45, 2.75) is 32.9 Å². The summed E-state index contributed by atoms with van der Waals surface area (Å²) in [5.74, 6) is -0.0133. The minimum atomic E-state index is -0.480. The van der Waals surface area contributed by atoms with Crippen LogP contribution in [0.25, 0.3) is 0 Å². The number of nitrogens with zero attached hydrogens (tertiary/aromatic N) is 1. The highest BCUT2D eigenvalue weighted by Gasteiger charge is 2.19. The first kappa shape index (κ1) is 14.5. The van der Waals surface area contributed by atoms with E-state index in [1.165, 1.54) is 11.1 Å². The maximum atomic E-state index is 12.1. The van der Waals surface area contributed by atoms with Crippen molar-refractivity contribution in [1.29, 1.82) is 0 Å². The molecule has 98 valence electrons. The Balaban J connectivity index is 2.76. The summed E-state index contributed by atoms with van der Waals surface area (Å²) in [5, 5.41) is 0. The van der Waals surface area contributed by atoms with E-state index in [1.807, 2.05) is 25.1 Å². The first-order valence-electron chi connectivity index (χ1n) is 6.29. The van der Waals surface area contributed by atoms with Crippen molar-refractivity contribution >= 4 is 5.91 Å². The quantitative estimate of drug-likeness (QED) is 0.782. The van der Waals surface area contributed by atoms with Crippen LogP contribution in [0.15, 0.2) is 36.9 Å². The molecular formula is C15H22N2O. The van der Waals surface area contributed by atoms with Gasteiger partial charge in [-0.1, -0.05) is 30.3 Å². The second-order valence-corrected chi connectivity index (χ2v) is 4.41. The molecule has 0 aliphatic rings. The zero-order valence-corrected chi connectivity index (χ0v) is 11.2. The number of aryl methyl sites for hydroxylation is 1. The van der Waals surface area contributed by atoms with Crippen LogP contribution in [0.5, 0.6) is 0 Å². The van der Waals surface area contributed by atoms with Crippen molar-refractivity contribution in [1.82, 2.24) is 4.90 Å². The normalized spacial score (nSPS) is 11.9. The molecule has 0 fully saturated rings. The van der Waals surface area contributed by atoms with Gasteiger partial charge >= 0.3 is 0 Å². The monoisotopic (exact) mass is 246 g/mol. The minimum absolute atomic E-state index is 0.0133. The molecule has 1 unspecified atom stereocenters. The highest BCUT2D eigenvalue weighted by atomic mass is 16.2. The van der Waals surface area contributed by atoms with E-state index in [-0.39, 0.29) is 5.91 Å². The zero-order chi connectivity index (χ0) is 13.5. The van der Waals surface area contributed by atoms with E-state index in [2.05, 4.69) is 19.6 Å². The fourth-order valence-corrected chi connectivity index (χ4v) is 1.85. The van der Waals surface area contributed by atoms with Gasteiger partial charge in [-0.25, -0.2) is 0 Å². The molecule has 0 saturated heterocycles. The predicted octanol–water partition coefficient (Wildman–Crippen LogP) is 2.25. The lowest BCUT2D eigenvalue weighted by Gasteiger charge is -2.24. The van der Waals surface area contributed by atoms with Crippen LogP contribution < -0.4 is 5.73 Å². The van der Waals surface area contributed by atoms with Crippen LogP contribution in [-0.4, -0.2) is 23.4 Å². The van der Waals surface area contributed by atoms with Gasteiger partial charge in [0.2, 0.25) is 5.91 Å². The number of benzene rings is 1. The number of hydrogen-bond donors (Lipinski definition) is 1. The van der Waals surface area contributed by atoms with Crippen molar-refractivity contribution in [3.8, 4) is 0 Å². The molecule has 18 heavy (non-hydrogen) atoms. The van der Waals surface area contributed by atoms with Crippen LogP contribution in [0.3, 0.4) is 0 Å². The van der Waals surface area contributed by atoms with Crippen molar-refractivity contribution in [3.05, 3.63) is 48.0 Å². The number of likely N-dealkylation sites (N-methyl/N-ethyl adjacent to an activating group) is 1. The Morgan fingerprint density at radius 2 is 2.17 bits per heavy atom. The molecule has 0 heterocycles. The van der Waals surface area contributed by atoms with E-state index in [0.717, 1.165) is 0 Å². The molecule has 1 rings (SSSR count). The lowest BCUT2D eigenvalue weighted by Crippen LogP contribution is -2.43. The number of rotatable bonds is 6. The summed E-state index contributed by atoms with van der Waals surface area (Å²) < 4.78 is 0. The maximum Gasteiger partial charge on any atom is 0.240 e. The Labute approximate surface area is 109 Å². The Bertz CT molecular complexity index is 415. The van der Waals surface area contributed by atoms with Crippen LogP contribution >= 0.6 is 0 Å². The van der Waals surface area contributed by atoms with Gasteiger partial charge in [0.25, 0.3) is 0 Å². The molecule has 1 atom stereocenters. The summed E-state index contributed by atoms with van der Waals surface area (Å²) in [7, 11) is 0. The summed E-state index contributed by atoms with van der Waals surface area (Å²) in [5.41, 5.74) is 8.19. The number of nitrogens with two attached hydrogens (primary N) is 1. The average molecular weight is 246 g/mol. The molecule has 1 aromatic rings. The third-order valence-electron chi connectivity index (χ3n) is 3.05. The molecular weight excluding hydrogens is 224 g/mol. The van der Waals surface area contributed by atoms with Gasteiger partial charge in [-0.2, -0.15) is 0 Å². The summed E-state index contributed by atoms with van der Waals surface area (Å²) >= 11 is 0. The van der Waals surface area contributed by atoms with Crippen LogP contribution in [0.1, 0.15) is 24.5 Å².